The van der Waals surface area contributed by atoms with Crippen molar-refractivity contribution in [2.24, 2.45) is 0 Å². The first-order valence-corrected chi connectivity index (χ1v) is 4.49. The Morgan fingerprint density at radius 2 is 2.15 bits per heavy atom. The molecule has 1 N–H and O–H groups in total. The fourth-order valence-electron chi connectivity index (χ4n) is 0.970. The first-order valence-electron chi connectivity index (χ1n) is 4.49. The quantitative estimate of drug-likeness (QED) is 0.469. The number of carbonyl (C=O) groups excluding carboxylic acids is 1. The van der Waals surface area contributed by atoms with Crippen LogP contribution >= 0.6 is 0 Å². The molecule has 0 aliphatic carbocycles. The van der Waals surface area contributed by atoms with Crippen LogP contribution in [0, 0.1) is 0 Å². The standard InChI is InChI=1S/C9H19NO3/c1-8(7-9(11)13-3)10-5-4-6-12-2/h8,10H,4-7H2,1-3H3. The molecular formula is C9H19NO3. The lowest BCUT2D eigenvalue weighted by atomic mass is 10.2. The van der Waals surface area contributed by atoms with Crippen molar-refractivity contribution in [1.29, 1.82) is 0 Å². The van der Waals surface area contributed by atoms with Gasteiger partial charge in [0.25, 0.3) is 0 Å². The minimum Gasteiger partial charge on any atom is -0.469 e. The van der Waals surface area contributed by atoms with Crippen LogP contribution in [0.4, 0.5) is 0 Å². The third kappa shape index (κ3) is 7.74. The van der Waals surface area contributed by atoms with E-state index in [4.69, 9.17) is 4.74 Å². The van der Waals surface area contributed by atoms with Gasteiger partial charge in [-0.1, -0.05) is 0 Å². The molecule has 0 saturated heterocycles. The van der Waals surface area contributed by atoms with Crippen LogP contribution in [0.15, 0.2) is 0 Å². The van der Waals surface area contributed by atoms with Crippen LogP contribution in [0.3, 0.4) is 0 Å². The second-order valence-electron chi connectivity index (χ2n) is 2.98. The van der Waals surface area contributed by atoms with E-state index in [1.165, 1.54) is 7.11 Å². The Kier molecular flexibility index (Phi) is 7.63. The molecule has 78 valence electrons. The van der Waals surface area contributed by atoms with Gasteiger partial charge in [0.05, 0.1) is 13.5 Å². The molecule has 0 radical (unpaired) electrons. The van der Waals surface area contributed by atoms with Crippen molar-refractivity contribution in [3.05, 3.63) is 0 Å². The predicted molar refractivity (Wildman–Crippen MR) is 50.6 cm³/mol. The highest BCUT2D eigenvalue weighted by molar-refractivity contribution is 5.69. The molecule has 0 rings (SSSR count). The molecule has 0 aromatic heterocycles. The minimum atomic E-state index is -0.174. The first kappa shape index (κ1) is 12.4. The normalized spacial score (nSPS) is 12.5. The highest BCUT2D eigenvalue weighted by Crippen LogP contribution is 1.92. The Morgan fingerprint density at radius 3 is 2.69 bits per heavy atom. The number of rotatable bonds is 7. The van der Waals surface area contributed by atoms with Crippen molar-refractivity contribution in [3.63, 3.8) is 0 Å². The average molecular weight is 189 g/mol. The van der Waals surface area contributed by atoms with Gasteiger partial charge in [-0.25, -0.2) is 0 Å². The van der Waals surface area contributed by atoms with Gasteiger partial charge in [-0.15, -0.1) is 0 Å². The van der Waals surface area contributed by atoms with E-state index in [-0.39, 0.29) is 12.0 Å². The molecule has 0 aliphatic rings. The molecule has 0 aliphatic heterocycles. The molecule has 4 nitrogen and oxygen atoms in total. The lowest BCUT2D eigenvalue weighted by Gasteiger charge is -2.11. The molecule has 0 amide bonds. The summed E-state index contributed by atoms with van der Waals surface area (Å²) in [7, 11) is 3.08. The molecule has 0 bridgehead atoms. The summed E-state index contributed by atoms with van der Waals surface area (Å²) in [5.74, 6) is -0.174. The number of ether oxygens (including phenoxy) is 2. The maximum Gasteiger partial charge on any atom is 0.307 e. The third-order valence-corrected chi connectivity index (χ3v) is 1.72. The highest BCUT2D eigenvalue weighted by Gasteiger charge is 2.07. The molecule has 1 atom stereocenters. The van der Waals surface area contributed by atoms with Crippen LogP contribution in [-0.2, 0) is 14.3 Å². The van der Waals surface area contributed by atoms with Crippen molar-refractivity contribution >= 4 is 5.97 Å². The van der Waals surface area contributed by atoms with Gasteiger partial charge < -0.3 is 14.8 Å². The number of methoxy groups -OCH3 is 2. The van der Waals surface area contributed by atoms with Crippen LogP contribution in [0.2, 0.25) is 0 Å². The van der Waals surface area contributed by atoms with Crippen LogP contribution in [0.5, 0.6) is 0 Å². The molecule has 4 heteroatoms. The summed E-state index contributed by atoms with van der Waals surface area (Å²) in [5, 5.41) is 3.20. The van der Waals surface area contributed by atoms with E-state index in [0.29, 0.717) is 6.42 Å². The SMILES string of the molecule is COCCCNC(C)CC(=O)OC. The van der Waals surface area contributed by atoms with Crippen molar-refractivity contribution < 1.29 is 14.3 Å². The number of carbonyl (C=O) groups is 1. The van der Waals surface area contributed by atoms with E-state index in [0.717, 1.165) is 19.6 Å². The molecule has 0 spiro atoms. The topological polar surface area (TPSA) is 47.6 Å². The Balaban J connectivity index is 3.29. The lowest BCUT2D eigenvalue weighted by molar-refractivity contribution is -0.141. The van der Waals surface area contributed by atoms with Crippen molar-refractivity contribution in [1.82, 2.24) is 5.32 Å². The number of hydrogen-bond acceptors (Lipinski definition) is 4. The third-order valence-electron chi connectivity index (χ3n) is 1.72. The second-order valence-corrected chi connectivity index (χ2v) is 2.98. The van der Waals surface area contributed by atoms with Gasteiger partial charge >= 0.3 is 5.97 Å². The summed E-state index contributed by atoms with van der Waals surface area (Å²) in [6, 6.07) is 0.171. The zero-order valence-corrected chi connectivity index (χ0v) is 8.63. The largest absolute Gasteiger partial charge is 0.469 e. The summed E-state index contributed by atoms with van der Waals surface area (Å²) in [6.45, 7) is 3.58. The summed E-state index contributed by atoms with van der Waals surface area (Å²) in [4.78, 5) is 10.8. The molecule has 1 unspecified atom stereocenters. The fourth-order valence-corrected chi connectivity index (χ4v) is 0.970. The first-order chi connectivity index (χ1) is 6.20. The van der Waals surface area contributed by atoms with Crippen LogP contribution < -0.4 is 5.32 Å². The predicted octanol–water partition coefficient (Wildman–Crippen LogP) is 0.564. The number of hydrogen-bond donors (Lipinski definition) is 1. The molecular weight excluding hydrogens is 170 g/mol. The summed E-state index contributed by atoms with van der Waals surface area (Å²) in [5.41, 5.74) is 0. The second kappa shape index (κ2) is 8.01. The van der Waals surface area contributed by atoms with Crippen molar-refractivity contribution in [2.45, 2.75) is 25.8 Å². The molecule has 0 heterocycles. The van der Waals surface area contributed by atoms with Gasteiger partial charge in [-0.05, 0) is 19.9 Å². The van der Waals surface area contributed by atoms with E-state index in [2.05, 4.69) is 10.1 Å². The maximum atomic E-state index is 10.8. The maximum absolute atomic E-state index is 10.8. The average Bonchev–Trinajstić information content (AvgIpc) is 2.12. The van der Waals surface area contributed by atoms with Gasteiger partial charge in [0.2, 0.25) is 0 Å². The van der Waals surface area contributed by atoms with E-state index in [9.17, 15) is 4.79 Å². The van der Waals surface area contributed by atoms with Gasteiger partial charge in [0.1, 0.15) is 0 Å². The number of nitrogens with one attached hydrogen (secondary N) is 1. The molecule has 0 fully saturated rings. The zero-order chi connectivity index (χ0) is 10.1. The van der Waals surface area contributed by atoms with Gasteiger partial charge in [0.15, 0.2) is 0 Å². The van der Waals surface area contributed by atoms with Crippen LogP contribution in [0.25, 0.3) is 0 Å². The molecule has 0 aromatic rings. The Bertz CT molecular complexity index is 139. The highest BCUT2D eigenvalue weighted by atomic mass is 16.5. The summed E-state index contributed by atoms with van der Waals surface area (Å²) >= 11 is 0. The fraction of sp³-hybridized carbons (Fsp3) is 0.889. The smallest absolute Gasteiger partial charge is 0.307 e. The van der Waals surface area contributed by atoms with Crippen molar-refractivity contribution in [2.75, 3.05) is 27.4 Å². The van der Waals surface area contributed by atoms with E-state index in [1.54, 1.807) is 7.11 Å². The summed E-state index contributed by atoms with van der Waals surface area (Å²) < 4.78 is 9.44. The van der Waals surface area contributed by atoms with Crippen LogP contribution in [-0.4, -0.2) is 39.4 Å². The van der Waals surface area contributed by atoms with Crippen molar-refractivity contribution in [3.8, 4) is 0 Å². The van der Waals surface area contributed by atoms with Gasteiger partial charge in [-0.3, -0.25) is 4.79 Å². The molecule has 13 heavy (non-hydrogen) atoms. The van der Waals surface area contributed by atoms with Gasteiger partial charge in [0, 0.05) is 19.8 Å². The number of esters is 1. The molecule has 0 aromatic carbocycles. The minimum absolute atomic E-state index is 0.171. The van der Waals surface area contributed by atoms with Gasteiger partial charge in [-0.2, -0.15) is 0 Å². The van der Waals surface area contributed by atoms with E-state index < -0.39 is 0 Å². The molecule has 0 saturated carbocycles. The van der Waals surface area contributed by atoms with E-state index in [1.807, 2.05) is 6.92 Å². The Labute approximate surface area is 79.6 Å². The van der Waals surface area contributed by atoms with Crippen LogP contribution in [0.1, 0.15) is 19.8 Å². The van der Waals surface area contributed by atoms with E-state index >= 15 is 0 Å². The monoisotopic (exact) mass is 189 g/mol. The summed E-state index contributed by atoms with van der Waals surface area (Å²) in [6.07, 6.45) is 1.38. The Morgan fingerprint density at radius 1 is 1.46 bits per heavy atom. The lowest BCUT2D eigenvalue weighted by Crippen LogP contribution is -2.30. The Hall–Kier alpha value is -0.610. The zero-order valence-electron chi connectivity index (χ0n) is 8.63.